The molecule has 0 atom stereocenters. The lowest BCUT2D eigenvalue weighted by Gasteiger charge is -2.13. The first-order valence-corrected chi connectivity index (χ1v) is 9.00. The first kappa shape index (κ1) is 16.6. The van der Waals surface area contributed by atoms with Crippen LogP contribution in [0, 0.1) is 0 Å². The standard InChI is InChI=1S/C16H18N3O4P/c1-21-14-8-9-15-16(10-14)18-19(17-15)13-6-4-12(5-7-13)11-24(20,22-2)23-3/h4-10H,11H2,1-3H3. The third kappa shape index (κ3) is 3.33. The molecule has 2 aromatic carbocycles. The lowest BCUT2D eigenvalue weighted by Crippen LogP contribution is -1.99. The summed E-state index contributed by atoms with van der Waals surface area (Å²) in [7, 11) is 1.30. The molecular formula is C16H18N3O4P. The molecule has 0 aliphatic carbocycles. The summed E-state index contributed by atoms with van der Waals surface area (Å²) in [5.41, 5.74) is 3.19. The normalized spacial score (nSPS) is 11.8. The smallest absolute Gasteiger partial charge is 0.334 e. The highest BCUT2D eigenvalue weighted by Gasteiger charge is 2.21. The van der Waals surface area contributed by atoms with E-state index in [-0.39, 0.29) is 6.16 Å². The van der Waals surface area contributed by atoms with Crippen LogP contribution < -0.4 is 4.74 Å². The second kappa shape index (κ2) is 6.73. The van der Waals surface area contributed by atoms with E-state index in [1.807, 2.05) is 42.5 Å². The molecular weight excluding hydrogens is 329 g/mol. The number of aromatic nitrogens is 3. The van der Waals surface area contributed by atoms with Crippen molar-refractivity contribution in [3.8, 4) is 11.4 Å². The van der Waals surface area contributed by atoms with Crippen molar-refractivity contribution in [1.29, 1.82) is 0 Å². The third-order valence-corrected chi connectivity index (χ3v) is 5.55. The molecule has 8 heteroatoms. The lowest BCUT2D eigenvalue weighted by molar-refractivity contribution is 0.275. The average molecular weight is 347 g/mol. The molecule has 0 fully saturated rings. The molecule has 1 aromatic heterocycles. The Morgan fingerprint density at radius 2 is 1.62 bits per heavy atom. The fraction of sp³-hybridized carbons (Fsp3) is 0.250. The topological polar surface area (TPSA) is 75.5 Å². The van der Waals surface area contributed by atoms with Gasteiger partial charge in [-0.1, -0.05) is 12.1 Å². The summed E-state index contributed by atoms with van der Waals surface area (Å²) in [6, 6.07) is 13.0. The third-order valence-electron chi connectivity index (χ3n) is 3.69. The summed E-state index contributed by atoms with van der Waals surface area (Å²) in [4.78, 5) is 1.56. The summed E-state index contributed by atoms with van der Waals surface area (Å²) in [5.74, 6) is 0.736. The van der Waals surface area contributed by atoms with Crippen LogP contribution in [0.3, 0.4) is 0 Å². The quantitative estimate of drug-likeness (QED) is 0.636. The van der Waals surface area contributed by atoms with Gasteiger partial charge in [0, 0.05) is 20.3 Å². The van der Waals surface area contributed by atoms with Gasteiger partial charge in [0.05, 0.1) is 19.0 Å². The first-order valence-electron chi connectivity index (χ1n) is 7.28. The lowest BCUT2D eigenvalue weighted by atomic mass is 10.2. The number of nitrogens with zero attached hydrogens (tertiary/aromatic N) is 3. The Hall–Kier alpha value is -2.21. The van der Waals surface area contributed by atoms with E-state index in [0.29, 0.717) is 0 Å². The van der Waals surface area contributed by atoms with Gasteiger partial charge in [0.2, 0.25) is 0 Å². The minimum absolute atomic E-state index is 0.214. The van der Waals surface area contributed by atoms with Gasteiger partial charge in [-0.3, -0.25) is 4.57 Å². The average Bonchev–Trinajstić information content (AvgIpc) is 3.05. The Labute approximate surface area is 139 Å². The second-order valence-corrected chi connectivity index (χ2v) is 7.41. The van der Waals surface area contributed by atoms with E-state index in [1.54, 1.807) is 11.9 Å². The number of rotatable bonds is 6. The van der Waals surface area contributed by atoms with E-state index in [4.69, 9.17) is 13.8 Å². The van der Waals surface area contributed by atoms with Crippen molar-refractivity contribution < 1.29 is 18.3 Å². The van der Waals surface area contributed by atoms with E-state index in [0.717, 1.165) is 28.0 Å². The minimum Gasteiger partial charge on any atom is -0.497 e. The molecule has 0 aliphatic rings. The van der Waals surface area contributed by atoms with Crippen molar-refractivity contribution in [3.05, 3.63) is 48.0 Å². The molecule has 0 unspecified atom stereocenters. The van der Waals surface area contributed by atoms with E-state index >= 15 is 0 Å². The SMILES string of the molecule is COc1ccc2nn(-c3ccc(CP(=O)(OC)OC)cc3)nc2c1. The van der Waals surface area contributed by atoms with Crippen LogP contribution in [-0.2, 0) is 19.8 Å². The van der Waals surface area contributed by atoms with Crippen molar-refractivity contribution in [2.45, 2.75) is 6.16 Å². The summed E-state index contributed by atoms with van der Waals surface area (Å²) in [6.45, 7) is 0. The van der Waals surface area contributed by atoms with Gasteiger partial charge >= 0.3 is 7.60 Å². The van der Waals surface area contributed by atoms with Crippen LogP contribution in [0.15, 0.2) is 42.5 Å². The summed E-state index contributed by atoms with van der Waals surface area (Å²) < 4.78 is 27.3. The summed E-state index contributed by atoms with van der Waals surface area (Å²) in [5, 5.41) is 8.89. The van der Waals surface area contributed by atoms with Crippen LogP contribution in [0.2, 0.25) is 0 Å². The van der Waals surface area contributed by atoms with E-state index in [1.165, 1.54) is 14.2 Å². The van der Waals surface area contributed by atoms with E-state index in [9.17, 15) is 4.57 Å². The van der Waals surface area contributed by atoms with Crippen molar-refractivity contribution in [2.75, 3.05) is 21.3 Å². The Kier molecular flexibility index (Phi) is 4.66. The highest BCUT2D eigenvalue weighted by Crippen LogP contribution is 2.49. The maximum atomic E-state index is 12.2. The van der Waals surface area contributed by atoms with Crippen molar-refractivity contribution in [1.82, 2.24) is 15.0 Å². The number of methoxy groups -OCH3 is 1. The van der Waals surface area contributed by atoms with E-state index in [2.05, 4.69) is 10.2 Å². The summed E-state index contributed by atoms with van der Waals surface area (Å²) >= 11 is 0. The number of ether oxygens (including phenoxy) is 1. The van der Waals surface area contributed by atoms with Crippen LogP contribution in [0.25, 0.3) is 16.7 Å². The maximum Gasteiger partial charge on any atom is 0.334 e. The van der Waals surface area contributed by atoms with Gasteiger partial charge in [-0.2, -0.15) is 4.80 Å². The van der Waals surface area contributed by atoms with Crippen LogP contribution in [0.5, 0.6) is 5.75 Å². The molecule has 0 spiro atoms. The molecule has 126 valence electrons. The maximum absolute atomic E-state index is 12.2. The first-order chi connectivity index (χ1) is 11.6. The molecule has 3 aromatic rings. The highest BCUT2D eigenvalue weighted by molar-refractivity contribution is 7.52. The molecule has 1 heterocycles. The summed E-state index contributed by atoms with van der Waals surface area (Å²) in [6.07, 6.45) is 0.214. The Morgan fingerprint density at radius 1 is 0.958 bits per heavy atom. The number of benzene rings is 2. The predicted octanol–water partition coefficient (Wildman–Crippen LogP) is 3.42. The zero-order valence-corrected chi connectivity index (χ0v) is 14.6. The van der Waals surface area contributed by atoms with Gasteiger partial charge in [-0.15, -0.1) is 10.2 Å². The molecule has 3 rings (SSSR count). The molecule has 0 amide bonds. The number of fused-ring (bicyclic) bond motifs is 1. The molecule has 0 aliphatic heterocycles. The Bertz CT molecular complexity index is 884. The molecule has 0 bridgehead atoms. The molecule has 0 saturated carbocycles. The van der Waals surface area contributed by atoms with E-state index < -0.39 is 7.60 Å². The van der Waals surface area contributed by atoms with Gasteiger partial charge in [0.15, 0.2) is 0 Å². The molecule has 0 radical (unpaired) electrons. The fourth-order valence-corrected chi connectivity index (χ4v) is 3.36. The second-order valence-electron chi connectivity index (χ2n) is 5.14. The fourth-order valence-electron chi connectivity index (χ4n) is 2.30. The molecule has 24 heavy (non-hydrogen) atoms. The van der Waals surface area contributed by atoms with Crippen LogP contribution >= 0.6 is 7.60 Å². The minimum atomic E-state index is -3.07. The number of hydrogen-bond donors (Lipinski definition) is 0. The highest BCUT2D eigenvalue weighted by atomic mass is 31.2. The number of hydrogen-bond acceptors (Lipinski definition) is 6. The van der Waals surface area contributed by atoms with Gasteiger partial charge in [0.1, 0.15) is 16.8 Å². The van der Waals surface area contributed by atoms with Gasteiger partial charge in [0.25, 0.3) is 0 Å². The Balaban J connectivity index is 1.86. The van der Waals surface area contributed by atoms with Gasteiger partial charge in [-0.25, -0.2) is 0 Å². The van der Waals surface area contributed by atoms with Crippen LogP contribution in [0.1, 0.15) is 5.56 Å². The predicted molar refractivity (Wildman–Crippen MR) is 90.7 cm³/mol. The molecule has 7 nitrogen and oxygen atoms in total. The monoisotopic (exact) mass is 347 g/mol. The van der Waals surface area contributed by atoms with Crippen LogP contribution in [0.4, 0.5) is 0 Å². The zero-order valence-electron chi connectivity index (χ0n) is 13.7. The van der Waals surface area contributed by atoms with Gasteiger partial charge in [-0.05, 0) is 29.8 Å². The van der Waals surface area contributed by atoms with Crippen LogP contribution in [-0.4, -0.2) is 36.3 Å². The van der Waals surface area contributed by atoms with Crippen molar-refractivity contribution in [2.24, 2.45) is 0 Å². The zero-order chi connectivity index (χ0) is 17.2. The molecule has 0 N–H and O–H groups in total. The van der Waals surface area contributed by atoms with Crippen molar-refractivity contribution in [3.63, 3.8) is 0 Å². The largest absolute Gasteiger partial charge is 0.497 e. The molecule has 0 saturated heterocycles. The van der Waals surface area contributed by atoms with Crippen molar-refractivity contribution >= 4 is 18.6 Å². The van der Waals surface area contributed by atoms with Gasteiger partial charge < -0.3 is 13.8 Å². The Morgan fingerprint density at radius 3 is 2.25 bits per heavy atom.